The van der Waals surface area contributed by atoms with Gasteiger partial charge in [0.1, 0.15) is 0 Å². The molecule has 0 fully saturated rings. The van der Waals surface area contributed by atoms with Crippen LogP contribution in [0, 0.1) is 6.92 Å². The number of sulfonamides is 1. The van der Waals surface area contributed by atoms with E-state index in [9.17, 15) is 8.42 Å². The second-order valence-corrected chi connectivity index (χ2v) is 9.47. The SMILES string of the molecule is Cc1ccc(S(=O)(=O)Nc2ccc(Br)cc2C=Nc2nc3ccccc3n2C)cc1. The van der Waals surface area contributed by atoms with Crippen LogP contribution in [0.15, 0.2) is 81.1 Å². The Bertz CT molecular complexity index is 1360. The number of aliphatic imine (C=N–C) groups is 1. The number of hydrogen-bond acceptors (Lipinski definition) is 4. The number of hydrogen-bond donors (Lipinski definition) is 1. The predicted octanol–water partition coefficient (Wildman–Crippen LogP) is 5.20. The number of nitrogens with one attached hydrogen (secondary N) is 1. The lowest BCUT2D eigenvalue weighted by molar-refractivity contribution is 0.601. The highest BCUT2D eigenvalue weighted by Gasteiger charge is 2.16. The summed E-state index contributed by atoms with van der Waals surface area (Å²) in [5.74, 6) is 0.531. The van der Waals surface area contributed by atoms with Crippen LogP contribution in [0.2, 0.25) is 0 Å². The monoisotopic (exact) mass is 482 g/mol. The van der Waals surface area contributed by atoms with Crippen LogP contribution in [0.25, 0.3) is 11.0 Å². The van der Waals surface area contributed by atoms with Crippen molar-refractivity contribution >= 4 is 54.8 Å². The summed E-state index contributed by atoms with van der Waals surface area (Å²) >= 11 is 3.44. The number of aryl methyl sites for hydroxylation is 2. The van der Waals surface area contributed by atoms with Gasteiger partial charge in [0, 0.05) is 23.3 Å². The molecule has 0 saturated carbocycles. The van der Waals surface area contributed by atoms with Crippen LogP contribution in [-0.2, 0) is 17.1 Å². The van der Waals surface area contributed by atoms with Crippen molar-refractivity contribution in [3.8, 4) is 0 Å². The molecule has 1 heterocycles. The fourth-order valence-electron chi connectivity index (χ4n) is 3.03. The van der Waals surface area contributed by atoms with Crippen molar-refractivity contribution in [2.45, 2.75) is 11.8 Å². The molecule has 0 radical (unpaired) electrons. The molecule has 1 aromatic heterocycles. The molecule has 0 unspecified atom stereocenters. The molecule has 152 valence electrons. The molecule has 0 bridgehead atoms. The van der Waals surface area contributed by atoms with Crippen LogP contribution in [0.5, 0.6) is 0 Å². The molecule has 0 atom stereocenters. The van der Waals surface area contributed by atoms with Gasteiger partial charge in [0.15, 0.2) is 0 Å². The van der Waals surface area contributed by atoms with Crippen molar-refractivity contribution in [1.29, 1.82) is 0 Å². The van der Waals surface area contributed by atoms with Gasteiger partial charge in [0.2, 0.25) is 5.95 Å². The molecule has 0 aliphatic rings. The summed E-state index contributed by atoms with van der Waals surface area (Å²) in [6, 6.07) is 19.8. The average Bonchev–Trinajstić information content (AvgIpc) is 3.04. The normalized spacial score (nSPS) is 12.0. The fourth-order valence-corrected chi connectivity index (χ4v) is 4.50. The lowest BCUT2D eigenvalue weighted by Gasteiger charge is -2.11. The molecule has 0 aliphatic carbocycles. The number of fused-ring (bicyclic) bond motifs is 1. The maximum absolute atomic E-state index is 12.8. The highest BCUT2D eigenvalue weighted by Crippen LogP contribution is 2.25. The first-order chi connectivity index (χ1) is 14.3. The van der Waals surface area contributed by atoms with Gasteiger partial charge >= 0.3 is 0 Å². The Morgan fingerprint density at radius 2 is 1.80 bits per heavy atom. The number of aromatic nitrogens is 2. The van der Waals surface area contributed by atoms with E-state index in [-0.39, 0.29) is 4.90 Å². The Hall–Kier alpha value is -2.97. The van der Waals surface area contributed by atoms with E-state index in [1.165, 1.54) is 0 Å². The smallest absolute Gasteiger partial charge is 0.261 e. The second-order valence-electron chi connectivity index (χ2n) is 6.87. The Labute approximate surface area is 183 Å². The van der Waals surface area contributed by atoms with Crippen LogP contribution in [0.4, 0.5) is 11.6 Å². The Morgan fingerprint density at radius 1 is 1.07 bits per heavy atom. The van der Waals surface area contributed by atoms with E-state index in [2.05, 4.69) is 30.6 Å². The van der Waals surface area contributed by atoms with E-state index < -0.39 is 10.0 Å². The third-order valence-corrected chi connectivity index (χ3v) is 6.55. The number of rotatable bonds is 5. The summed E-state index contributed by atoms with van der Waals surface area (Å²) in [6.45, 7) is 1.91. The van der Waals surface area contributed by atoms with Gasteiger partial charge in [-0.3, -0.25) is 4.72 Å². The summed E-state index contributed by atoms with van der Waals surface area (Å²) in [6.07, 6.45) is 1.61. The van der Waals surface area contributed by atoms with Crippen molar-refractivity contribution in [3.63, 3.8) is 0 Å². The van der Waals surface area contributed by atoms with Crippen LogP contribution >= 0.6 is 15.9 Å². The lowest BCUT2D eigenvalue weighted by atomic mass is 10.2. The van der Waals surface area contributed by atoms with E-state index in [1.54, 1.807) is 48.7 Å². The standard InChI is InChI=1S/C22H19BrN4O2S/c1-15-7-10-18(11-8-15)30(28,29)26-19-12-9-17(23)13-16(19)14-24-22-25-20-5-3-4-6-21(20)27(22)2/h3-14,26H,1-2H3. The molecule has 0 aliphatic heterocycles. The van der Waals surface area contributed by atoms with Crippen LogP contribution in [-0.4, -0.2) is 24.2 Å². The van der Waals surface area contributed by atoms with Crippen molar-refractivity contribution < 1.29 is 8.42 Å². The molecule has 0 saturated heterocycles. The van der Waals surface area contributed by atoms with Crippen molar-refractivity contribution in [2.75, 3.05) is 4.72 Å². The maximum Gasteiger partial charge on any atom is 0.261 e. The average molecular weight is 483 g/mol. The largest absolute Gasteiger partial charge is 0.311 e. The summed E-state index contributed by atoms with van der Waals surface area (Å²) in [5.41, 5.74) is 3.86. The topological polar surface area (TPSA) is 76.3 Å². The van der Waals surface area contributed by atoms with Crippen molar-refractivity contribution in [2.24, 2.45) is 12.0 Å². The molecule has 6 nitrogen and oxygen atoms in total. The van der Waals surface area contributed by atoms with Gasteiger partial charge in [-0.15, -0.1) is 0 Å². The lowest BCUT2D eigenvalue weighted by Crippen LogP contribution is -2.14. The van der Waals surface area contributed by atoms with Gasteiger partial charge in [-0.2, -0.15) is 0 Å². The molecule has 8 heteroatoms. The Kier molecular flexibility index (Phi) is 5.44. The number of benzene rings is 3. The zero-order valence-corrected chi connectivity index (χ0v) is 18.8. The van der Waals surface area contributed by atoms with E-state index in [1.807, 2.05) is 42.8 Å². The zero-order chi connectivity index (χ0) is 21.3. The van der Waals surface area contributed by atoms with Crippen LogP contribution in [0.3, 0.4) is 0 Å². The summed E-state index contributed by atoms with van der Waals surface area (Å²) < 4.78 is 31.0. The summed E-state index contributed by atoms with van der Waals surface area (Å²) in [5, 5.41) is 0. The first kappa shape index (κ1) is 20.3. The number of halogens is 1. The molecule has 3 aromatic carbocycles. The van der Waals surface area contributed by atoms with Crippen LogP contribution < -0.4 is 4.72 Å². The van der Waals surface area contributed by atoms with Gasteiger partial charge < -0.3 is 4.57 Å². The molecule has 4 aromatic rings. The van der Waals surface area contributed by atoms with Gasteiger partial charge in [-0.05, 0) is 49.4 Å². The third-order valence-electron chi connectivity index (χ3n) is 4.67. The molecule has 1 N–H and O–H groups in total. The molecular weight excluding hydrogens is 464 g/mol. The highest BCUT2D eigenvalue weighted by molar-refractivity contribution is 9.10. The number of imidazole rings is 1. The Balaban J connectivity index is 1.69. The quantitative estimate of drug-likeness (QED) is 0.397. The summed E-state index contributed by atoms with van der Waals surface area (Å²) in [7, 11) is -1.83. The minimum atomic E-state index is -3.72. The first-order valence-electron chi connectivity index (χ1n) is 9.18. The maximum atomic E-state index is 12.8. The van der Waals surface area contributed by atoms with E-state index in [0.717, 1.165) is 21.1 Å². The van der Waals surface area contributed by atoms with E-state index in [4.69, 9.17) is 0 Å². The van der Waals surface area contributed by atoms with Crippen LogP contribution in [0.1, 0.15) is 11.1 Å². The Morgan fingerprint density at radius 3 is 2.53 bits per heavy atom. The highest BCUT2D eigenvalue weighted by atomic mass is 79.9. The molecule has 4 rings (SSSR count). The van der Waals surface area contributed by atoms with Gasteiger partial charge in [0.25, 0.3) is 10.0 Å². The van der Waals surface area contributed by atoms with Gasteiger partial charge in [-0.1, -0.05) is 45.8 Å². The molecule has 0 spiro atoms. The van der Waals surface area contributed by atoms with E-state index >= 15 is 0 Å². The number of para-hydroxylation sites is 2. The minimum Gasteiger partial charge on any atom is -0.311 e. The number of nitrogens with zero attached hydrogens (tertiary/aromatic N) is 3. The fraction of sp³-hybridized carbons (Fsp3) is 0.0909. The molecular formula is C22H19BrN4O2S. The molecule has 30 heavy (non-hydrogen) atoms. The first-order valence-corrected chi connectivity index (χ1v) is 11.5. The molecule has 0 amide bonds. The predicted molar refractivity (Wildman–Crippen MR) is 124 cm³/mol. The third kappa shape index (κ3) is 4.15. The van der Waals surface area contributed by atoms with Crippen molar-refractivity contribution in [3.05, 3.63) is 82.3 Å². The summed E-state index contributed by atoms with van der Waals surface area (Å²) in [4.78, 5) is 9.23. The minimum absolute atomic E-state index is 0.203. The number of anilines is 1. The van der Waals surface area contributed by atoms with Crippen molar-refractivity contribution in [1.82, 2.24) is 9.55 Å². The van der Waals surface area contributed by atoms with Gasteiger partial charge in [0.05, 0.1) is 21.6 Å². The van der Waals surface area contributed by atoms with E-state index in [0.29, 0.717) is 17.2 Å². The zero-order valence-electron chi connectivity index (χ0n) is 16.4. The second kappa shape index (κ2) is 8.04. The van der Waals surface area contributed by atoms with Gasteiger partial charge in [-0.25, -0.2) is 18.4 Å².